The summed E-state index contributed by atoms with van der Waals surface area (Å²) in [6.07, 6.45) is 1.69. The summed E-state index contributed by atoms with van der Waals surface area (Å²) in [7, 11) is 0. The van der Waals surface area contributed by atoms with Gasteiger partial charge in [-0.25, -0.2) is 4.98 Å². The highest BCUT2D eigenvalue weighted by atomic mass is 16.2. The summed E-state index contributed by atoms with van der Waals surface area (Å²) in [6, 6.07) is 11.2. The van der Waals surface area contributed by atoms with Crippen LogP contribution in [0, 0.1) is 6.92 Å². The second-order valence-electron chi connectivity index (χ2n) is 6.30. The largest absolute Gasteiger partial charge is 0.309 e. The molecular formula is C18H19N3O2. The Labute approximate surface area is 135 Å². The van der Waals surface area contributed by atoms with E-state index in [1.807, 2.05) is 51.1 Å². The number of nitrogens with zero attached hydrogens (tertiary/aromatic N) is 2. The molecule has 1 aliphatic heterocycles. The first-order chi connectivity index (χ1) is 10.9. The van der Waals surface area contributed by atoms with Crippen molar-refractivity contribution in [1.82, 2.24) is 4.98 Å². The lowest BCUT2D eigenvalue weighted by atomic mass is 9.86. The molecule has 0 atom stereocenters. The normalized spacial score (nSPS) is 15.4. The van der Waals surface area contributed by atoms with Crippen LogP contribution in [-0.2, 0) is 15.0 Å². The molecule has 118 valence electrons. The molecule has 0 radical (unpaired) electrons. The molecule has 23 heavy (non-hydrogen) atoms. The first-order valence-corrected chi connectivity index (χ1v) is 7.53. The van der Waals surface area contributed by atoms with Crippen molar-refractivity contribution in [2.24, 2.45) is 0 Å². The molecule has 2 heterocycles. The molecule has 5 nitrogen and oxygen atoms in total. The number of para-hydroxylation sites is 1. The molecule has 0 bridgehead atoms. The van der Waals surface area contributed by atoms with Crippen LogP contribution in [0.25, 0.3) is 0 Å². The number of anilines is 2. The third-order valence-corrected chi connectivity index (χ3v) is 4.13. The lowest BCUT2D eigenvalue weighted by Crippen LogP contribution is -2.40. The fourth-order valence-corrected chi connectivity index (χ4v) is 2.82. The maximum atomic E-state index is 12.6. The number of aryl methyl sites for hydroxylation is 1. The van der Waals surface area contributed by atoms with Gasteiger partial charge in [0.05, 0.1) is 5.41 Å². The fourth-order valence-electron chi connectivity index (χ4n) is 2.82. The van der Waals surface area contributed by atoms with Crippen molar-refractivity contribution in [2.75, 3.05) is 16.8 Å². The number of benzene rings is 1. The molecule has 3 rings (SSSR count). The van der Waals surface area contributed by atoms with Crippen LogP contribution < -0.4 is 10.2 Å². The number of hydrogen-bond acceptors (Lipinski definition) is 3. The van der Waals surface area contributed by atoms with Gasteiger partial charge in [-0.1, -0.05) is 24.3 Å². The van der Waals surface area contributed by atoms with Crippen molar-refractivity contribution in [3.05, 3.63) is 53.7 Å². The minimum Gasteiger partial charge on any atom is -0.309 e. The average Bonchev–Trinajstić information content (AvgIpc) is 2.71. The van der Waals surface area contributed by atoms with Crippen molar-refractivity contribution < 1.29 is 9.59 Å². The number of pyridine rings is 1. The number of amides is 2. The van der Waals surface area contributed by atoms with E-state index in [2.05, 4.69) is 10.3 Å². The van der Waals surface area contributed by atoms with Crippen molar-refractivity contribution in [3.63, 3.8) is 0 Å². The summed E-state index contributed by atoms with van der Waals surface area (Å²) in [5.74, 6) is 0.160. The third kappa shape index (κ3) is 2.70. The topological polar surface area (TPSA) is 62.3 Å². The summed E-state index contributed by atoms with van der Waals surface area (Å²) < 4.78 is 0. The Hall–Kier alpha value is -2.69. The Balaban J connectivity index is 1.79. The monoisotopic (exact) mass is 309 g/mol. The van der Waals surface area contributed by atoms with Gasteiger partial charge in [-0.05, 0) is 44.0 Å². The van der Waals surface area contributed by atoms with E-state index in [1.165, 1.54) is 0 Å². The van der Waals surface area contributed by atoms with Crippen molar-refractivity contribution in [1.29, 1.82) is 0 Å². The first-order valence-electron chi connectivity index (χ1n) is 7.53. The average molecular weight is 309 g/mol. The van der Waals surface area contributed by atoms with Gasteiger partial charge >= 0.3 is 0 Å². The van der Waals surface area contributed by atoms with Gasteiger partial charge in [0, 0.05) is 11.9 Å². The number of aromatic nitrogens is 1. The molecule has 0 saturated heterocycles. The van der Waals surface area contributed by atoms with Gasteiger partial charge in [0.2, 0.25) is 11.8 Å². The van der Waals surface area contributed by atoms with Crippen LogP contribution in [0.5, 0.6) is 0 Å². The fraction of sp³-hybridized carbons (Fsp3) is 0.278. The number of nitrogens with one attached hydrogen (secondary N) is 1. The summed E-state index contributed by atoms with van der Waals surface area (Å²) in [6.45, 7) is 5.68. The smallest absolute Gasteiger partial charge is 0.245 e. The Morgan fingerprint density at radius 2 is 1.96 bits per heavy atom. The standard InChI is InChI=1S/C18H19N3O2/c1-12-8-9-15(19-10-12)20-16(22)11-21-14-7-5-4-6-13(14)18(2,3)17(21)23/h4-10H,11H2,1-3H3,(H,19,20,22). The molecule has 0 saturated carbocycles. The molecule has 1 aromatic heterocycles. The molecule has 1 N–H and O–H groups in total. The Kier molecular flexibility index (Phi) is 3.64. The number of hydrogen-bond donors (Lipinski definition) is 1. The van der Waals surface area contributed by atoms with Crippen LogP contribution in [0.1, 0.15) is 25.0 Å². The number of carbonyl (C=O) groups excluding carboxylic acids is 2. The van der Waals surface area contributed by atoms with Gasteiger partial charge in [0.25, 0.3) is 0 Å². The summed E-state index contributed by atoms with van der Waals surface area (Å²) in [5, 5.41) is 2.73. The van der Waals surface area contributed by atoms with E-state index in [0.29, 0.717) is 5.82 Å². The van der Waals surface area contributed by atoms with Gasteiger partial charge in [-0.2, -0.15) is 0 Å². The molecule has 2 amide bonds. The Bertz CT molecular complexity index is 766. The zero-order chi connectivity index (χ0) is 16.6. The molecule has 0 aliphatic carbocycles. The van der Waals surface area contributed by atoms with Crippen molar-refractivity contribution in [2.45, 2.75) is 26.2 Å². The SMILES string of the molecule is Cc1ccc(NC(=O)CN2C(=O)C(C)(C)c3ccccc32)nc1. The highest BCUT2D eigenvalue weighted by Crippen LogP contribution is 2.40. The molecule has 0 fully saturated rings. The molecule has 5 heteroatoms. The van der Waals surface area contributed by atoms with Crippen LogP contribution in [0.3, 0.4) is 0 Å². The van der Waals surface area contributed by atoms with Crippen LogP contribution in [0.2, 0.25) is 0 Å². The molecule has 1 aliphatic rings. The van der Waals surface area contributed by atoms with Crippen LogP contribution in [0.15, 0.2) is 42.6 Å². The highest BCUT2D eigenvalue weighted by Gasteiger charge is 2.44. The first kappa shape index (κ1) is 15.2. The van der Waals surface area contributed by atoms with E-state index in [0.717, 1.165) is 16.8 Å². The lowest BCUT2D eigenvalue weighted by molar-refractivity contribution is -0.124. The maximum absolute atomic E-state index is 12.6. The van der Waals surface area contributed by atoms with E-state index in [4.69, 9.17) is 0 Å². The zero-order valence-corrected chi connectivity index (χ0v) is 13.5. The van der Waals surface area contributed by atoms with Crippen LogP contribution >= 0.6 is 0 Å². The van der Waals surface area contributed by atoms with Gasteiger partial charge in [-0.3, -0.25) is 9.59 Å². The molecular weight excluding hydrogens is 290 g/mol. The van der Waals surface area contributed by atoms with Crippen LogP contribution in [0.4, 0.5) is 11.5 Å². The van der Waals surface area contributed by atoms with Gasteiger partial charge in [0.15, 0.2) is 0 Å². The van der Waals surface area contributed by atoms with E-state index >= 15 is 0 Å². The number of carbonyl (C=O) groups is 2. The number of fused-ring (bicyclic) bond motifs is 1. The predicted molar refractivity (Wildman–Crippen MR) is 89.4 cm³/mol. The van der Waals surface area contributed by atoms with Crippen LogP contribution in [-0.4, -0.2) is 23.3 Å². The van der Waals surface area contributed by atoms with Crippen molar-refractivity contribution in [3.8, 4) is 0 Å². The summed E-state index contributed by atoms with van der Waals surface area (Å²) in [5.41, 5.74) is 2.16. The number of rotatable bonds is 3. The molecule has 2 aromatic rings. The second kappa shape index (κ2) is 5.50. The quantitative estimate of drug-likeness (QED) is 0.948. The van der Waals surface area contributed by atoms with E-state index < -0.39 is 5.41 Å². The van der Waals surface area contributed by atoms with E-state index in [-0.39, 0.29) is 18.4 Å². The minimum atomic E-state index is -0.612. The summed E-state index contributed by atoms with van der Waals surface area (Å²) in [4.78, 5) is 30.6. The highest BCUT2D eigenvalue weighted by molar-refractivity contribution is 6.11. The Morgan fingerprint density at radius 3 is 2.65 bits per heavy atom. The maximum Gasteiger partial charge on any atom is 0.245 e. The van der Waals surface area contributed by atoms with E-state index in [1.54, 1.807) is 17.2 Å². The minimum absolute atomic E-state index is 0.0190. The Morgan fingerprint density at radius 1 is 1.22 bits per heavy atom. The van der Waals surface area contributed by atoms with Crippen molar-refractivity contribution >= 4 is 23.3 Å². The molecule has 1 aromatic carbocycles. The van der Waals surface area contributed by atoms with Gasteiger partial charge in [-0.15, -0.1) is 0 Å². The van der Waals surface area contributed by atoms with E-state index in [9.17, 15) is 9.59 Å². The molecule has 0 unspecified atom stereocenters. The summed E-state index contributed by atoms with van der Waals surface area (Å²) >= 11 is 0. The van der Waals surface area contributed by atoms with Gasteiger partial charge in [0.1, 0.15) is 12.4 Å². The predicted octanol–water partition coefficient (Wildman–Crippen LogP) is 2.65. The lowest BCUT2D eigenvalue weighted by Gasteiger charge is -2.19. The molecule has 0 spiro atoms. The third-order valence-electron chi connectivity index (χ3n) is 4.13. The second-order valence-corrected chi connectivity index (χ2v) is 6.30. The van der Waals surface area contributed by atoms with Gasteiger partial charge < -0.3 is 10.2 Å². The zero-order valence-electron chi connectivity index (χ0n) is 13.5.